The number of hydrogen-bond donors (Lipinski definition) is 2. The summed E-state index contributed by atoms with van der Waals surface area (Å²) in [6, 6.07) is 4.86. The normalized spacial score (nSPS) is 11.9. The number of ether oxygens (including phenoxy) is 1. The summed E-state index contributed by atoms with van der Waals surface area (Å²) in [6.07, 6.45) is -0.977. The van der Waals surface area contributed by atoms with E-state index in [1.165, 1.54) is 6.92 Å². The number of nitrogens with zero attached hydrogens (tertiary/aromatic N) is 2. The van der Waals surface area contributed by atoms with Crippen molar-refractivity contribution in [2.24, 2.45) is 7.05 Å². The molecular weight excluding hydrogens is 376 g/mol. The van der Waals surface area contributed by atoms with Gasteiger partial charge in [-0.2, -0.15) is 5.10 Å². The van der Waals surface area contributed by atoms with Gasteiger partial charge in [-0.3, -0.25) is 9.48 Å². The number of esters is 1. The van der Waals surface area contributed by atoms with E-state index >= 15 is 0 Å². The Morgan fingerprint density at radius 2 is 2.04 bits per heavy atom. The fraction of sp³-hybridized carbons (Fsp3) is 0.312. The van der Waals surface area contributed by atoms with E-state index in [0.717, 1.165) is 5.69 Å². The highest BCUT2D eigenvalue weighted by atomic mass is 79.9. The van der Waals surface area contributed by atoms with Gasteiger partial charge in [0.1, 0.15) is 0 Å². The van der Waals surface area contributed by atoms with Crippen LogP contribution >= 0.6 is 15.9 Å². The Morgan fingerprint density at radius 1 is 1.38 bits per heavy atom. The number of nitrogens with one attached hydrogen (secondary N) is 1. The molecule has 2 rings (SSSR count). The molecule has 1 amide bonds. The van der Waals surface area contributed by atoms with Crippen LogP contribution in [0.1, 0.15) is 28.7 Å². The summed E-state index contributed by atoms with van der Waals surface area (Å²) in [7, 11) is 1.79. The third-order valence-corrected chi connectivity index (χ3v) is 4.14. The second-order valence-corrected chi connectivity index (χ2v) is 6.35. The Bertz CT molecular complexity index is 801. The zero-order chi connectivity index (χ0) is 18.0. The summed E-state index contributed by atoms with van der Waals surface area (Å²) in [4.78, 5) is 24.5. The van der Waals surface area contributed by atoms with E-state index in [1.54, 1.807) is 36.9 Å². The van der Waals surface area contributed by atoms with Gasteiger partial charge in [0.2, 0.25) is 0 Å². The first kappa shape index (κ1) is 18.0. The molecule has 7 nitrogen and oxygen atoms in total. The maximum atomic E-state index is 12.3. The summed E-state index contributed by atoms with van der Waals surface area (Å²) in [5, 5.41) is 6.97. The van der Waals surface area contributed by atoms with Gasteiger partial charge in [0.25, 0.3) is 5.91 Å². The summed E-state index contributed by atoms with van der Waals surface area (Å²) in [6.45, 7) is 5.14. The number of nitrogen functional groups attached to an aromatic ring is 1. The van der Waals surface area contributed by atoms with Crippen molar-refractivity contribution in [3.63, 3.8) is 0 Å². The van der Waals surface area contributed by atoms with E-state index in [9.17, 15) is 9.59 Å². The Kier molecular flexibility index (Phi) is 5.28. The van der Waals surface area contributed by atoms with Crippen LogP contribution in [-0.4, -0.2) is 27.8 Å². The monoisotopic (exact) mass is 394 g/mol. The molecule has 24 heavy (non-hydrogen) atoms. The van der Waals surface area contributed by atoms with E-state index < -0.39 is 18.0 Å². The van der Waals surface area contributed by atoms with Crippen LogP contribution in [0, 0.1) is 13.8 Å². The molecule has 3 N–H and O–H groups in total. The largest absolute Gasteiger partial charge is 0.449 e. The first-order chi connectivity index (χ1) is 11.2. The molecule has 1 atom stereocenters. The molecule has 0 unspecified atom stereocenters. The number of benzene rings is 1. The first-order valence-electron chi connectivity index (χ1n) is 7.27. The van der Waals surface area contributed by atoms with Crippen LogP contribution in [0.5, 0.6) is 0 Å². The topological polar surface area (TPSA) is 99.2 Å². The van der Waals surface area contributed by atoms with Gasteiger partial charge in [0.05, 0.1) is 22.6 Å². The molecule has 0 spiro atoms. The van der Waals surface area contributed by atoms with Gasteiger partial charge in [-0.05, 0) is 39.0 Å². The Balaban J connectivity index is 2.08. The van der Waals surface area contributed by atoms with Crippen molar-refractivity contribution in [1.29, 1.82) is 0 Å². The maximum absolute atomic E-state index is 12.3. The third-order valence-electron chi connectivity index (χ3n) is 3.65. The van der Waals surface area contributed by atoms with Gasteiger partial charge in [-0.1, -0.05) is 15.9 Å². The molecule has 128 valence electrons. The lowest BCUT2D eigenvalue weighted by atomic mass is 10.2. The lowest BCUT2D eigenvalue weighted by Crippen LogP contribution is -2.30. The van der Waals surface area contributed by atoms with Gasteiger partial charge in [-0.15, -0.1) is 0 Å². The molecule has 0 aliphatic rings. The van der Waals surface area contributed by atoms with Gasteiger partial charge >= 0.3 is 5.97 Å². The number of carbonyl (C=O) groups excluding carboxylic acids is 2. The van der Waals surface area contributed by atoms with E-state index in [1.807, 2.05) is 6.92 Å². The first-order valence-corrected chi connectivity index (χ1v) is 8.07. The summed E-state index contributed by atoms with van der Waals surface area (Å²) in [5.41, 5.74) is 8.39. The Hall–Kier alpha value is -2.35. The Morgan fingerprint density at radius 3 is 2.62 bits per heavy atom. The van der Waals surface area contributed by atoms with Crippen LogP contribution in [-0.2, 0) is 16.6 Å². The number of carbonyl (C=O) groups is 2. The minimum absolute atomic E-state index is 0.206. The van der Waals surface area contributed by atoms with Crippen molar-refractivity contribution in [2.75, 3.05) is 11.1 Å². The number of amides is 1. The number of rotatable bonds is 4. The van der Waals surface area contributed by atoms with Crippen LogP contribution in [0.2, 0.25) is 0 Å². The van der Waals surface area contributed by atoms with Crippen molar-refractivity contribution in [3.05, 3.63) is 39.6 Å². The van der Waals surface area contributed by atoms with Crippen molar-refractivity contribution >= 4 is 39.2 Å². The van der Waals surface area contributed by atoms with Crippen LogP contribution in [0.4, 0.5) is 11.4 Å². The average molecular weight is 395 g/mol. The lowest BCUT2D eigenvalue weighted by molar-refractivity contribution is -0.123. The standard InChI is InChI=1S/C16H19BrN4O3/c1-8-14(9(2)21(4)20-8)19-15(22)10(3)24-16(23)12-7-11(17)5-6-13(12)18/h5-7,10H,18H2,1-4H3,(H,19,22)/t10-/m1/s1. The van der Waals surface area contributed by atoms with Crippen LogP contribution in [0.15, 0.2) is 22.7 Å². The van der Waals surface area contributed by atoms with Crippen molar-refractivity contribution in [3.8, 4) is 0 Å². The predicted octanol–water partition coefficient (Wildman–Crippen LogP) is 2.57. The molecule has 1 heterocycles. The molecule has 1 aromatic heterocycles. The molecule has 0 aliphatic heterocycles. The SMILES string of the molecule is Cc1nn(C)c(C)c1NC(=O)[C@@H](C)OC(=O)c1cc(Br)ccc1N. The molecule has 0 fully saturated rings. The third kappa shape index (κ3) is 3.76. The molecule has 0 bridgehead atoms. The molecular formula is C16H19BrN4O3. The van der Waals surface area contributed by atoms with Gasteiger partial charge in [0, 0.05) is 17.2 Å². The van der Waals surface area contributed by atoms with Crippen molar-refractivity contribution in [1.82, 2.24) is 9.78 Å². The molecule has 1 aromatic carbocycles. The second-order valence-electron chi connectivity index (χ2n) is 5.44. The number of aromatic nitrogens is 2. The lowest BCUT2D eigenvalue weighted by Gasteiger charge is -2.14. The van der Waals surface area contributed by atoms with Crippen LogP contribution in [0.3, 0.4) is 0 Å². The molecule has 2 aromatic rings. The molecule has 8 heteroatoms. The highest BCUT2D eigenvalue weighted by Gasteiger charge is 2.22. The summed E-state index contributed by atoms with van der Waals surface area (Å²) >= 11 is 3.27. The smallest absolute Gasteiger partial charge is 0.341 e. The van der Waals surface area contributed by atoms with Crippen LogP contribution in [0.25, 0.3) is 0 Å². The summed E-state index contributed by atoms with van der Waals surface area (Å²) in [5.74, 6) is -1.09. The maximum Gasteiger partial charge on any atom is 0.341 e. The van der Waals surface area contributed by atoms with E-state index in [-0.39, 0.29) is 11.3 Å². The van der Waals surface area contributed by atoms with Gasteiger partial charge in [0.15, 0.2) is 6.10 Å². The quantitative estimate of drug-likeness (QED) is 0.613. The highest BCUT2D eigenvalue weighted by molar-refractivity contribution is 9.10. The molecule has 0 saturated carbocycles. The van der Waals surface area contributed by atoms with Crippen LogP contribution < -0.4 is 11.1 Å². The Labute approximate surface area is 148 Å². The number of aryl methyl sites for hydroxylation is 2. The number of hydrogen-bond acceptors (Lipinski definition) is 5. The van der Waals surface area contributed by atoms with Crippen molar-refractivity contribution in [2.45, 2.75) is 26.9 Å². The number of nitrogens with two attached hydrogens (primary N) is 1. The molecule has 0 saturated heterocycles. The molecule has 0 radical (unpaired) electrons. The second kappa shape index (κ2) is 7.04. The minimum Gasteiger partial charge on any atom is -0.449 e. The zero-order valence-corrected chi connectivity index (χ0v) is 15.5. The average Bonchev–Trinajstić information content (AvgIpc) is 2.75. The van der Waals surface area contributed by atoms with E-state index in [0.29, 0.717) is 15.9 Å². The minimum atomic E-state index is -0.977. The fourth-order valence-electron chi connectivity index (χ4n) is 2.16. The van der Waals surface area contributed by atoms with E-state index in [2.05, 4.69) is 26.3 Å². The zero-order valence-electron chi connectivity index (χ0n) is 13.9. The predicted molar refractivity (Wildman–Crippen MR) is 94.7 cm³/mol. The highest BCUT2D eigenvalue weighted by Crippen LogP contribution is 2.21. The molecule has 0 aliphatic carbocycles. The van der Waals surface area contributed by atoms with E-state index in [4.69, 9.17) is 10.5 Å². The summed E-state index contributed by atoms with van der Waals surface area (Å²) < 4.78 is 7.58. The number of anilines is 2. The van der Waals surface area contributed by atoms with Gasteiger partial charge < -0.3 is 15.8 Å². The van der Waals surface area contributed by atoms with Gasteiger partial charge in [-0.25, -0.2) is 4.79 Å². The fourth-order valence-corrected chi connectivity index (χ4v) is 2.52. The number of halogens is 1. The van der Waals surface area contributed by atoms with Crippen molar-refractivity contribution < 1.29 is 14.3 Å².